The molecule has 0 bridgehead atoms. The summed E-state index contributed by atoms with van der Waals surface area (Å²) in [6, 6.07) is 5.68. The second-order valence-corrected chi connectivity index (χ2v) is 6.22. The number of nitrogens with one attached hydrogen (secondary N) is 1. The molecule has 3 rings (SSSR count). The minimum atomic E-state index is 0.638. The number of halogens is 1. The van der Waals surface area contributed by atoms with E-state index in [9.17, 15) is 0 Å². The number of anilines is 1. The maximum atomic E-state index is 6.09. The highest BCUT2D eigenvalue weighted by molar-refractivity contribution is 7.98. The van der Waals surface area contributed by atoms with Gasteiger partial charge in [0.25, 0.3) is 0 Å². The highest BCUT2D eigenvalue weighted by Crippen LogP contribution is 2.29. The van der Waals surface area contributed by atoms with E-state index >= 15 is 0 Å². The highest BCUT2D eigenvalue weighted by atomic mass is 35.5. The van der Waals surface area contributed by atoms with E-state index in [1.165, 1.54) is 11.8 Å². The molecule has 0 spiro atoms. The van der Waals surface area contributed by atoms with Gasteiger partial charge in [0.05, 0.1) is 16.2 Å². The fourth-order valence-corrected chi connectivity index (χ4v) is 3.57. The monoisotopic (exact) mass is 322 g/mol. The Bertz CT molecular complexity index is 744. The molecule has 1 N–H and O–H groups in total. The number of thioether (sulfide) groups is 1. The standard InChI is InChI=1S/C13H11ClN4S2/c1-15-11-8-4-6-19-12(8)18-10(17-11)7-20-13-9(14)3-2-5-16-13/h2-6H,7H2,1H3,(H,15,17,18). The first kappa shape index (κ1) is 13.6. The number of nitrogens with zero attached hydrogens (tertiary/aromatic N) is 3. The van der Waals surface area contributed by atoms with Crippen LogP contribution in [0, 0.1) is 0 Å². The molecule has 3 aromatic rings. The minimum Gasteiger partial charge on any atom is -0.372 e. The molecule has 3 heterocycles. The molecule has 0 saturated heterocycles. The lowest BCUT2D eigenvalue weighted by Gasteiger charge is -2.05. The van der Waals surface area contributed by atoms with Crippen molar-refractivity contribution in [2.45, 2.75) is 10.8 Å². The van der Waals surface area contributed by atoms with Gasteiger partial charge < -0.3 is 5.32 Å². The lowest BCUT2D eigenvalue weighted by atomic mass is 10.4. The van der Waals surface area contributed by atoms with Gasteiger partial charge in [0, 0.05) is 13.2 Å². The molecule has 7 heteroatoms. The number of aromatic nitrogens is 3. The molecule has 0 aromatic carbocycles. The lowest BCUT2D eigenvalue weighted by Crippen LogP contribution is -1.99. The number of rotatable bonds is 4. The molecule has 0 unspecified atom stereocenters. The number of pyridine rings is 1. The maximum absolute atomic E-state index is 6.09. The van der Waals surface area contributed by atoms with Gasteiger partial charge in [-0.1, -0.05) is 23.4 Å². The van der Waals surface area contributed by atoms with Crippen LogP contribution < -0.4 is 5.32 Å². The number of fused-ring (bicyclic) bond motifs is 1. The average Bonchev–Trinajstić information content (AvgIpc) is 2.94. The molecule has 102 valence electrons. The van der Waals surface area contributed by atoms with E-state index in [1.807, 2.05) is 30.6 Å². The molecule has 0 aliphatic rings. The van der Waals surface area contributed by atoms with Gasteiger partial charge in [0.15, 0.2) is 0 Å². The summed E-state index contributed by atoms with van der Waals surface area (Å²) in [6.45, 7) is 0. The van der Waals surface area contributed by atoms with Crippen LogP contribution >= 0.6 is 34.7 Å². The summed E-state index contributed by atoms with van der Waals surface area (Å²) in [7, 11) is 1.87. The summed E-state index contributed by atoms with van der Waals surface area (Å²) >= 11 is 9.25. The van der Waals surface area contributed by atoms with E-state index in [2.05, 4.69) is 20.3 Å². The van der Waals surface area contributed by atoms with Gasteiger partial charge in [-0.15, -0.1) is 11.3 Å². The van der Waals surface area contributed by atoms with Crippen LogP contribution in [0.3, 0.4) is 0 Å². The van der Waals surface area contributed by atoms with Crippen molar-refractivity contribution in [3.05, 3.63) is 40.6 Å². The Morgan fingerprint density at radius 2 is 2.25 bits per heavy atom. The number of thiophene rings is 1. The Balaban J connectivity index is 1.86. The predicted molar refractivity (Wildman–Crippen MR) is 85.8 cm³/mol. The summed E-state index contributed by atoms with van der Waals surface area (Å²) in [6.07, 6.45) is 1.73. The lowest BCUT2D eigenvalue weighted by molar-refractivity contribution is 1.06. The van der Waals surface area contributed by atoms with E-state index in [0.717, 1.165) is 26.9 Å². The molecule has 0 aliphatic heterocycles. The first-order valence-electron chi connectivity index (χ1n) is 5.93. The third-order valence-electron chi connectivity index (χ3n) is 2.67. The molecule has 0 fully saturated rings. The van der Waals surface area contributed by atoms with Crippen LogP contribution in [-0.2, 0) is 5.75 Å². The van der Waals surface area contributed by atoms with Crippen molar-refractivity contribution in [2.24, 2.45) is 0 Å². The Kier molecular flexibility index (Phi) is 4.05. The molecule has 3 aromatic heterocycles. The van der Waals surface area contributed by atoms with Crippen LogP contribution in [0.25, 0.3) is 10.2 Å². The van der Waals surface area contributed by atoms with Crippen molar-refractivity contribution in [1.29, 1.82) is 0 Å². The van der Waals surface area contributed by atoms with E-state index < -0.39 is 0 Å². The van der Waals surface area contributed by atoms with Crippen molar-refractivity contribution >= 4 is 50.7 Å². The molecular formula is C13H11ClN4S2. The fraction of sp³-hybridized carbons (Fsp3) is 0.154. The van der Waals surface area contributed by atoms with Crippen LogP contribution in [0.4, 0.5) is 5.82 Å². The van der Waals surface area contributed by atoms with E-state index in [4.69, 9.17) is 11.6 Å². The Morgan fingerprint density at radius 1 is 1.35 bits per heavy atom. The SMILES string of the molecule is CNc1nc(CSc2ncccc2Cl)nc2sccc12. The van der Waals surface area contributed by atoms with Crippen molar-refractivity contribution in [3.63, 3.8) is 0 Å². The largest absolute Gasteiger partial charge is 0.372 e. The van der Waals surface area contributed by atoms with E-state index in [1.54, 1.807) is 17.5 Å². The number of hydrogen-bond acceptors (Lipinski definition) is 6. The van der Waals surface area contributed by atoms with Gasteiger partial charge >= 0.3 is 0 Å². The first-order chi connectivity index (χ1) is 9.78. The molecule has 0 saturated carbocycles. The van der Waals surface area contributed by atoms with Crippen molar-refractivity contribution < 1.29 is 0 Å². The normalized spacial score (nSPS) is 10.9. The molecule has 0 radical (unpaired) electrons. The Hall–Kier alpha value is -1.37. The van der Waals surface area contributed by atoms with Gasteiger partial charge in [-0.25, -0.2) is 15.0 Å². The van der Waals surface area contributed by atoms with Crippen molar-refractivity contribution in [2.75, 3.05) is 12.4 Å². The predicted octanol–water partition coefficient (Wildman–Crippen LogP) is 4.07. The summed E-state index contributed by atoms with van der Waals surface area (Å²) in [5.74, 6) is 2.27. The fourth-order valence-electron chi connectivity index (χ4n) is 1.77. The zero-order valence-corrected chi connectivity index (χ0v) is 13.0. The van der Waals surface area contributed by atoms with Gasteiger partial charge in [-0.3, -0.25) is 0 Å². The third kappa shape index (κ3) is 2.72. The Morgan fingerprint density at radius 3 is 3.05 bits per heavy atom. The molecule has 0 atom stereocenters. The van der Waals surface area contributed by atoms with Crippen molar-refractivity contribution in [3.8, 4) is 0 Å². The second-order valence-electron chi connectivity index (χ2n) is 3.96. The summed E-state index contributed by atoms with van der Waals surface area (Å²) in [5.41, 5.74) is 0. The summed E-state index contributed by atoms with van der Waals surface area (Å²) in [4.78, 5) is 14.3. The second kappa shape index (κ2) is 5.95. The average molecular weight is 323 g/mol. The van der Waals surface area contributed by atoms with Crippen LogP contribution in [0.2, 0.25) is 5.02 Å². The molecule has 4 nitrogen and oxygen atoms in total. The zero-order valence-electron chi connectivity index (χ0n) is 10.6. The summed E-state index contributed by atoms with van der Waals surface area (Å²) < 4.78 is 0. The van der Waals surface area contributed by atoms with Crippen LogP contribution in [0.5, 0.6) is 0 Å². The number of hydrogen-bond donors (Lipinski definition) is 1. The third-order valence-corrected chi connectivity index (χ3v) is 4.90. The zero-order chi connectivity index (χ0) is 13.9. The van der Waals surface area contributed by atoms with Gasteiger partial charge in [0.2, 0.25) is 0 Å². The minimum absolute atomic E-state index is 0.638. The molecule has 20 heavy (non-hydrogen) atoms. The smallest absolute Gasteiger partial charge is 0.142 e. The highest BCUT2D eigenvalue weighted by Gasteiger charge is 2.09. The van der Waals surface area contributed by atoms with Gasteiger partial charge in [-0.05, 0) is 23.6 Å². The summed E-state index contributed by atoms with van der Waals surface area (Å²) in [5, 5.41) is 7.65. The maximum Gasteiger partial charge on any atom is 0.142 e. The molecular weight excluding hydrogens is 312 g/mol. The topological polar surface area (TPSA) is 50.7 Å². The van der Waals surface area contributed by atoms with Gasteiger partial charge in [-0.2, -0.15) is 0 Å². The van der Waals surface area contributed by atoms with E-state index in [0.29, 0.717) is 10.8 Å². The van der Waals surface area contributed by atoms with Crippen LogP contribution in [0.1, 0.15) is 5.82 Å². The molecule has 0 aliphatic carbocycles. The van der Waals surface area contributed by atoms with Crippen LogP contribution in [-0.4, -0.2) is 22.0 Å². The Labute approximate surface area is 129 Å². The van der Waals surface area contributed by atoms with Crippen molar-refractivity contribution in [1.82, 2.24) is 15.0 Å². The van der Waals surface area contributed by atoms with Gasteiger partial charge in [0.1, 0.15) is 21.5 Å². The van der Waals surface area contributed by atoms with Crippen LogP contribution in [0.15, 0.2) is 34.8 Å². The quantitative estimate of drug-likeness (QED) is 0.734. The van der Waals surface area contributed by atoms with E-state index in [-0.39, 0.29) is 0 Å². The first-order valence-corrected chi connectivity index (χ1v) is 8.17. The molecule has 0 amide bonds.